The molecule has 18 heavy (non-hydrogen) atoms. The molecule has 0 radical (unpaired) electrons. The molecule has 0 fully saturated rings. The molecule has 0 saturated heterocycles. The number of nitrogens with one attached hydrogen (secondary N) is 1. The summed E-state index contributed by atoms with van der Waals surface area (Å²) in [5.41, 5.74) is 2.14. The minimum absolute atomic E-state index is 0.369. The van der Waals surface area contributed by atoms with Crippen molar-refractivity contribution in [2.24, 2.45) is 0 Å². The smallest absolute Gasteiger partial charge is 0.112 e. The van der Waals surface area contributed by atoms with Gasteiger partial charge in [0.1, 0.15) is 5.52 Å². The van der Waals surface area contributed by atoms with Crippen molar-refractivity contribution in [1.29, 1.82) is 0 Å². The zero-order valence-corrected chi connectivity index (χ0v) is 12.8. The van der Waals surface area contributed by atoms with Gasteiger partial charge in [-0.1, -0.05) is 0 Å². The second kappa shape index (κ2) is 5.59. The van der Waals surface area contributed by atoms with Gasteiger partial charge >= 0.3 is 0 Å². The lowest BCUT2D eigenvalue weighted by Crippen LogP contribution is -2.38. The average Bonchev–Trinajstić information content (AvgIpc) is 2.38. The van der Waals surface area contributed by atoms with Crippen molar-refractivity contribution in [3.63, 3.8) is 0 Å². The number of hydrogen-bond donors (Lipinski definition) is 1. The van der Waals surface area contributed by atoms with Gasteiger partial charge in [0.15, 0.2) is 0 Å². The van der Waals surface area contributed by atoms with Crippen LogP contribution in [0.5, 0.6) is 0 Å². The monoisotopic (exact) mass is 347 g/mol. The molecule has 1 N–H and O–H groups in total. The largest absolute Gasteiger partial charge is 0.376 e. The van der Waals surface area contributed by atoms with E-state index in [4.69, 9.17) is 23.2 Å². The molecular formula is C12H12BrCl2N3. The summed E-state index contributed by atoms with van der Waals surface area (Å²) < 4.78 is 0.900. The molecule has 0 saturated carbocycles. The van der Waals surface area contributed by atoms with Crippen LogP contribution in [0.15, 0.2) is 29.0 Å². The quantitative estimate of drug-likeness (QED) is 0.847. The van der Waals surface area contributed by atoms with E-state index in [2.05, 4.69) is 31.2 Å². The van der Waals surface area contributed by atoms with E-state index in [0.717, 1.165) is 21.2 Å². The Hall–Kier alpha value is -0.580. The van der Waals surface area contributed by atoms with Crippen molar-refractivity contribution in [2.45, 2.75) is 12.5 Å². The Bertz CT molecular complexity index is 558. The van der Waals surface area contributed by atoms with E-state index in [-0.39, 0.29) is 5.54 Å². The fourth-order valence-electron chi connectivity index (χ4n) is 1.53. The Morgan fingerprint density at radius 3 is 2.72 bits per heavy atom. The summed E-state index contributed by atoms with van der Waals surface area (Å²) in [7, 11) is 0. The summed E-state index contributed by atoms with van der Waals surface area (Å²) in [5.74, 6) is 0.827. The highest BCUT2D eigenvalue weighted by Crippen LogP contribution is 2.25. The molecule has 0 spiro atoms. The fourth-order valence-corrected chi connectivity index (χ4v) is 2.27. The van der Waals surface area contributed by atoms with E-state index in [1.54, 1.807) is 12.4 Å². The summed E-state index contributed by atoms with van der Waals surface area (Å²) in [5, 5.41) is 3.34. The van der Waals surface area contributed by atoms with Gasteiger partial charge in [-0.3, -0.25) is 9.97 Å². The van der Waals surface area contributed by atoms with Crippen LogP contribution in [0.25, 0.3) is 11.0 Å². The first kappa shape index (κ1) is 13.8. The Morgan fingerprint density at radius 2 is 2.06 bits per heavy atom. The molecule has 2 heterocycles. The molecule has 0 amide bonds. The standard InChI is InChI=1S/C12H12BrCl2N3/c1-12(6-14,7-15)18-9-2-3-16-10-4-8(13)5-17-11(9)10/h2-5H,6-7H2,1H3,(H,16,18). The number of pyridine rings is 2. The highest BCUT2D eigenvalue weighted by Gasteiger charge is 2.22. The molecule has 0 aliphatic carbocycles. The van der Waals surface area contributed by atoms with Crippen LogP contribution in [0.3, 0.4) is 0 Å². The van der Waals surface area contributed by atoms with E-state index in [0.29, 0.717) is 11.8 Å². The molecule has 2 aromatic rings. The molecule has 0 bridgehead atoms. The zero-order valence-electron chi connectivity index (χ0n) is 9.75. The molecule has 0 unspecified atom stereocenters. The SMILES string of the molecule is CC(CCl)(CCl)Nc1ccnc2cc(Br)cnc12. The summed E-state index contributed by atoms with van der Waals surface area (Å²) >= 11 is 15.3. The zero-order chi connectivity index (χ0) is 13.2. The number of nitrogens with zero attached hydrogens (tertiary/aromatic N) is 2. The van der Waals surface area contributed by atoms with E-state index in [9.17, 15) is 0 Å². The molecular weight excluding hydrogens is 337 g/mol. The van der Waals surface area contributed by atoms with Crippen molar-refractivity contribution in [2.75, 3.05) is 17.1 Å². The summed E-state index contributed by atoms with van der Waals surface area (Å²) in [6.45, 7) is 1.97. The lowest BCUT2D eigenvalue weighted by Gasteiger charge is -2.27. The van der Waals surface area contributed by atoms with Crippen LogP contribution in [0.2, 0.25) is 0 Å². The number of rotatable bonds is 4. The highest BCUT2D eigenvalue weighted by atomic mass is 79.9. The van der Waals surface area contributed by atoms with Crippen LogP contribution in [-0.4, -0.2) is 27.3 Å². The van der Waals surface area contributed by atoms with Crippen LogP contribution in [-0.2, 0) is 0 Å². The second-order valence-electron chi connectivity index (χ2n) is 4.33. The van der Waals surface area contributed by atoms with Crippen LogP contribution in [0, 0.1) is 0 Å². The minimum atomic E-state index is -0.369. The summed E-state index contributed by atoms with van der Waals surface area (Å²) in [4.78, 5) is 8.66. The first-order valence-corrected chi connectivity index (χ1v) is 7.24. The topological polar surface area (TPSA) is 37.8 Å². The van der Waals surface area contributed by atoms with Crippen molar-refractivity contribution in [3.05, 3.63) is 29.0 Å². The number of anilines is 1. The van der Waals surface area contributed by atoms with E-state index in [1.807, 2.05) is 19.1 Å². The maximum Gasteiger partial charge on any atom is 0.112 e. The van der Waals surface area contributed by atoms with Crippen molar-refractivity contribution >= 4 is 55.9 Å². The van der Waals surface area contributed by atoms with Gasteiger partial charge in [0.2, 0.25) is 0 Å². The summed E-state index contributed by atoms with van der Waals surface area (Å²) in [6.07, 6.45) is 3.48. The van der Waals surface area contributed by atoms with E-state index in [1.165, 1.54) is 0 Å². The maximum atomic E-state index is 5.94. The van der Waals surface area contributed by atoms with Gasteiger partial charge in [0, 0.05) is 28.6 Å². The molecule has 0 atom stereocenters. The second-order valence-corrected chi connectivity index (χ2v) is 5.78. The van der Waals surface area contributed by atoms with Gasteiger partial charge in [0.25, 0.3) is 0 Å². The van der Waals surface area contributed by atoms with Crippen LogP contribution in [0.1, 0.15) is 6.92 Å². The Labute approximate surface area is 124 Å². The lowest BCUT2D eigenvalue weighted by atomic mass is 10.1. The van der Waals surface area contributed by atoms with Crippen molar-refractivity contribution in [1.82, 2.24) is 9.97 Å². The third kappa shape index (κ3) is 2.87. The van der Waals surface area contributed by atoms with Crippen LogP contribution < -0.4 is 5.32 Å². The Kier molecular flexibility index (Phi) is 4.30. The van der Waals surface area contributed by atoms with E-state index < -0.39 is 0 Å². The van der Waals surface area contributed by atoms with Gasteiger partial charge in [-0.25, -0.2) is 0 Å². The van der Waals surface area contributed by atoms with Gasteiger partial charge in [-0.15, -0.1) is 23.2 Å². The molecule has 3 nitrogen and oxygen atoms in total. The number of halogens is 3. The van der Waals surface area contributed by atoms with Crippen molar-refractivity contribution in [3.8, 4) is 0 Å². The molecule has 0 aliphatic heterocycles. The Balaban J connectivity index is 2.45. The van der Waals surface area contributed by atoms with Gasteiger partial charge in [0.05, 0.1) is 16.7 Å². The average molecular weight is 349 g/mol. The molecule has 0 aromatic carbocycles. The molecule has 6 heteroatoms. The molecule has 96 valence electrons. The predicted octanol–water partition coefficient (Wildman–Crippen LogP) is 4.04. The number of hydrogen-bond acceptors (Lipinski definition) is 3. The van der Waals surface area contributed by atoms with Crippen LogP contribution in [0.4, 0.5) is 5.69 Å². The van der Waals surface area contributed by atoms with Crippen LogP contribution >= 0.6 is 39.1 Å². The maximum absolute atomic E-state index is 5.94. The van der Waals surface area contributed by atoms with Gasteiger partial charge in [-0.05, 0) is 35.0 Å². The van der Waals surface area contributed by atoms with E-state index >= 15 is 0 Å². The fraction of sp³-hybridized carbons (Fsp3) is 0.333. The third-order valence-electron chi connectivity index (χ3n) is 2.57. The molecule has 2 aromatic heterocycles. The first-order valence-electron chi connectivity index (χ1n) is 5.38. The number of aromatic nitrogens is 2. The summed E-state index contributed by atoms with van der Waals surface area (Å²) in [6, 6.07) is 3.80. The van der Waals surface area contributed by atoms with Gasteiger partial charge < -0.3 is 5.32 Å². The Morgan fingerprint density at radius 1 is 1.33 bits per heavy atom. The molecule has 2 rings (SSSR count). The highest BCUT2D eigenvalue weighted by molar-refractivity contribution is 9.10. The number of alkyl halides is 2. The third-order valence-corrected chi connectivity index (χ3v) is 4.18. The normalized spacial score (nSPS) is 11.8. The lowest BCUT2D eigenvalue weighted by molar-refractivity contribution is 0.650. The van der Waals surface area contributed by atoms with Crippen molar-refractivity contribution < 1.29 is 0 Å². The first-order chi connectivity index (χ1) is 8.58. The van der Waals surface area contributed by atoms with Gasteiger partial charge in [-0.2, -0.15) is 0 Å². The number of fused-ring (bicyclic) bond motifs is 1. The minimum Gasteiger partial charge on any atom is -0.376 e. The molecule has 0 aliphatic rings. The predicted molar refractivity (Wildman–Crippen MR) is 80.7 cm³/mol.